The molecule has 1 unspecified atom stereocenters. The molecule has 1 saturated heterocycles. The van der Waals surface area contributed by atoms with Gasteiger partial charge in [0.2, 0.25) is 0 Å². The Labute approximate surface area is 107 Å². The smallest absolute Gasteiger partial charge is 0.327 e. The molecule has 0 spiro atoms. The molecule has 1 aliphatic rings. The molecule has 19 heavy (non-hydrogen) atoms. The molecule has 0 bridgehead atoms. The van der Waals surface area contributed by atoms with Gasteiger partial charge in [-0.3, -0.25) is 14.8 Å². The first kappa shape index (κ1) is 12.2. The molecule has 3 heterocycles. The summed E-state index contributed by atoms with van der Waals surface area (Å²) in [5.41, 5.74) is -1.09. The molecule has 102 valence electrons. The van der Waals surface area contributed by atoms with Gasteiger partial charge in [-0.25, -0.2) is 18.2 Å². The fourth-order valence-electron chi connectivity index (χ4n) is 2.36. The van der Waals surface area contributed by atoms with Crippen molar-refractivity contribution in [2.45, 2.75) is 24.5 Å². The predicted molar refractivity (Wildman–Crippen MR) is 67.7 cm³/mol. The summed E-state index contributed by atoms with van der Waals surface area (Å²) in [6.45, 7) is 0. The third kappa shape index (κ3) is 1.99. The molecule has 3 N–H and O–H groups in total. The number of fused-ring (bicyclic) bond motifs is 1. The van der Waals surface area contributed by atoms with E-state index in [1.807, 2.05) is 0 Å². The molecule has 2 aromatic rings. The lowest BCUT2D eigenvalue weighted by atomic mass is 10.2. The van der Waals surface area contributed by atoms with Crippen LogP contribution in [0.25, 0.3) is 11.2 Å². The van der Waals surface area contributed by atoms with Crippen LogP contribution in [0.2, 0.25) is 0 Å². The van der Waals surface area contributed by atoms with E-state index in [-0.39, 0.29) is 22.7 Å². The van der Waals surface area contributed by atoms with Crippen LogP contribution in [0.15, 0.2) is 9.59 Å². The number of rotatable bonds is 1. The molecule has 0 aromatic carbocycles. The highest BCUT2D eigenvalue weighted by molar-refractivity contribution is 7.91. The number of aromatic amines is 3. The zero-order valence-corrected chi connectivity index (χ0v) is 10.7. The average molecular weight is 284 g/mol. The van der Waals surface area contributed by atoms with Crippen LogP contribution in [0, 0.1) is 0 Å². The normalized spacial score (nSPS) is 22.6. The minimum atomic E-state index is -3.25. The Morgan fingerprint density at radius 2 is 1.89 bits per heavy atom. The topological polar surface area (TPSA) is 129 Å². The Balaban J connectivity index is 2.19. The van der Waals surface area contributed by atoms with Crippen LogP contribution in [0.3, 0.4) is 0 Å². The second-order valence-corrected chi connectivity index (χ2v) is 6.91. The van der Waals surface area contributed by atoms with Gasteiger partial charge in [-0.2, -0.15) is 0 Å². The van der Waals surface area contributed by atoms with Crippen molar-refractivity contribution in [2.75, 3.05) is 5.75 Å². The van der Waals surface area contributed by atoms with E-state index in [0.29, 0.717) is 12.8 Å². The Hall–Kier alpha value is -1.90. The molecule has 1 aliphatic heterocycles. The second kappa shape index (κ2) is 4.05. The summed E-state index contributed by atoms with van der Waals surface area (Å²) < 4.78 is 24.0. The number of nitrogens with zero attached hydrogens (tertiary/aromatic N) is 1. The maximum atomic E-state index is 12.0. The van der Waals surface area contributed by atoms with Crippen molar-refractivity contribution in [3.05, 3.63) is 26.7 Å². The van der Waals surface area contributed by atoms with Gasteiger partial charge in [0.05, 0.1) is 5.75 Å². The quantitative estimate of drug-likeness (QED) is 0.655. The lowest BCUT2D eigenvalue weighted by molar-refractivity contribution is 0.540. The molecule has 1 atom stereocenters. The van der Waals surface area contributed by atoms with Crippen molar-refractivity contribution in [3.63, 3.8) is 0 Å². The summed E-state index contributed by atoms with van der Waals surface area (Å²) >= 11 is 0. The Bertz CT molecular complexity index is 844. The van der Waals surface area contributed by atoms with E-state index in [1.165, 1.54) is 0 Å². The molecule has 2 aromatic heterocycles. The van der Waals surface area contributed by atoms with Gasteiger partial charge in [0.25, 0.3) is 5.56 Å². The van der Waals surface area contributed by atoms with Crippen molar-refractivity contribution in [1.29, 1.82) is 0 Å². The molecule has 9 heteroatoms. The van der Waals surface area contributed by atoms with E-state index in [9.17, 15) is 18.0 Å². The van der Waals surface area contributed by atoms with Crippen LogP contribution in [-0.4, -0.2) is 34.1 Å². The standard InChI is InChI=1S/C10H12N4O4S/c15-9-6-8(13-10(16)14-9)12-7(11-6)5-3-1-2-4-19(5,17)18/h5H,1-4H2,(H3,11,12,13,14,15,16). The Morgan fingerprint density at radius 1 is 1.11 bits per heavy atom. The van der Waals surface area contributed by atoms with E-state index in [0.717, 1.165) is 6.42 Å². The van der Waals surface area contributed by atoms with E-state index in [1.54, 1.807) is 0 Å². The first-order valence-corrected chi connectivity index (χ1v) is 7.63. The van der Waals surface area contributed by atoms with Gasteiger partial charge in [0.15, 0.2) is 15.5 Å². The molecule has 0 radical (unpaired) electrons. The van der Waals surface area contributed by atoms with E-state index in [2.05, 4.69) is 19.9 Å². The van der Waals surface area contributed by atoms with Gasteiger partial charge in [0.1, 0.15) is 16.6 Å². The molecule has 1 fully saturated rings. The number of aromatic nitrogens is 4. The lowest BCUT2D eigenvalue weighted by Crippen LogP contribution is -2.22. The van der Waals surface area contributed by atoms with Gasteiger partial charge in [-0.15, -0.1) is 0 Å². The zero-order valence-electron chi connectivity index (χ0n) is 9.89. The van der Waals surface area contributed by atoms with Crippen LogP contribution in [0.5, 0.6) is 0 Å². The highest BCUT2D eigenvalue weighted by Crippen LogP contribution is 2.31. The molecule has 3 rings (SSSR count). The van der Waals surface area contributed by atoms with Crippen molar-refractivity contribution in [2.24, 2.45) is 0 Å². The number of hydrogen-bond donors (Lipinski definition) is 3. The zero-order chi connectivity index (χ0) is 13.6. The van der Waals surface area contributed by atoms with Crippen LogP contribution in [-0.2, 0) is 9.84 Å². The SMILES string of the molecule is O=c1[nH]c(=O)c2[nH]c(C3CCCCS3(=O)=O)nc2[nH]1. The molecular weight excluding hydrogens is 272 g/mol. The third-order valence-electron chi connectivity index (χ3n) is 3.29. The fourth-order valence-corrected chi connectivity index (χ4v) is 4.23. The highest BCUT2D eigenvalue weighted by Gasteiger charge is 2.32. The number of nitrogens with one attached hydrogen (secondary N) is 3. The summed E-state index contributed by atoms with van der Waals surface area (Å²) in [5, 5.41) is -0.725. The minimum Gasteiger partial charge on any atom is -0.335 e. The molecule has 0 saturated carbocycles. The number of hydrogen-bond acceptors (Lipinski definition) is 5. The van der Waals surface area contributed by atoms with Crippen molar-refractivity contribution < 1.29 is 8.42 Å². The lowest BCUT2D eigenvalue weighted by Gasteiger charge is -2.19. The highest BCUT2D eigenvalue weighted by atomic mass is 32.2. The second-order valence-electron chi connectivity index (χ2n) is 4.61. The van der Waals surface area contributed by atoms with Crippen LogP contribution >= 0.6 is 0 Å². The van der Waals surface area contributed by atoms with E-state index < -0.39 is 26.3 Å². The summed E-state index contributed by atoms with van der Waals surface area (Å²) in [4.78, 5) is 33.9. The summed E-state index contributed by atoms with van der Waals surface area (Å²) in [7, 11) is -3.25. The molecular formula is C10H12N4O4S. The summed E-state index contributed by atoms with van der Waals surface area (Å²) in [5.74, 6) is 0.351. The monoisotopic (exact) mass is 284 g/mol. The average Bonchev–Trinajstić information content (AvgIpc) is 2.72. The molecule has 0 aliphatic carbocycles. The Kier molecular flexibility index (Phi) is 2.59. The maximum Gasteiger partial charge on any atom is 0.327 e. The largest absolute Gasteiger partial charge is 0.335 e. The molecule has 0 amide bonds. The van der Waals surface area contributed by atoms with Crippen molar-refractivity contribution in [1.82, 2.24) is 19.9 Å². The Morgan fingerprint density at radius 3 is 2.63 bits per heavy atom. The van der Waals surface area contributed by atoms with Crippen LogP contribution < -0.4 is 11.2 Å². The summed E-state index contributed by atoms with van der Waals surface area (Å²) in [6.07, 6.45) is 1.93. The number of imidazole rings is 1. The molecule has 8 nitrogen and oxygen atoms in total. The fraction of sp³-hybridized carbons (Fsp3) is 0.500. The van der Waals surface area contributed by atoms with Crippen molar-refractivity contribution >= 4 is 21.0 Å². The minimum absolute atomic E-state index is 0.0875. The first-order valence-electron chi connectivity index (χ1n) is 5.91. The van der Waals surface area contributed by atoms with E-state index >= 15 is 0 Å². The van der Waals surface area contributed by atoms with Gasteiger partial charge in [-0.1, -0.05) is 6.42 Å². The van der Waals surface area contributed by atoms with Gasteiger partial charge < -0.3 is 4.98 Å². The first-order chi connectivity index (χ1) is 8.97. The van der Waals surface area contributed by atoms with E-state index in [4.69, 9.17) is 0 Å². The summed E-state index contributed by atoms with van der Waals surface area (Å²) in [6, 6.07) is 0. The van der Waals surface area contributed by atoms with Crippen molar-refractivity contribution in [3.8, 4) is 0 Å². The predicted octanol–water partition coefficient (Wildman–Crippen LogP) is -0.421. The third-order valence-corrected chi connectivity index (χ3v) is 5.48. The number of sulfone groups is 1. The maximum absolute atomic E-state index is 12.0. The number of H-pyrrole nitrogens is 3. The van der Waals surface area contributed by atoms with Crippen LogP contribution in [0.1, 0.15) is 30.3 Å². The van der Waals surface area contributed by atoms with Gasteiger partial charge >= 0.3 is 5.69 Å². The van der Waals surface area contributed by atoms with Gasteiger partial charge in [-0.05, 0) is 12.8 Å². The van der Waals surface area contributed by atoms with Gasteiger partial charge in [0, 0.05) is 0 Å². The van der Waals surface area contributed by atoms with Crippen LogP contribution in [0.4, 0.5) is 0 Å².